The van der Waals surface area contributed by atoms with E-state index in [9.17, 15) is 4.79 Å². The second-order valence-electron chi connectivity index (χ2n) is 7.83. The highest BCUT2D eigenvalue weighted by atomic mass is 16.5. The predicted molar refractivity (Wildman–Crippen MR) is 98.6 cm³/mol. The molecule has 2 aliphatic heterocycles. The van der Waals surface area contributed by atoms with Gasteiger partial charge < -0.3 is 9.64 Å². The van der Waals surface area contributed by atoms with Gasteiger partial charge in [-0.1, -0.05) is 36.8 Å². The summed E-state index contributed by atoms with van der Waals surface area (Å²) in [6.45, 7) is 5.33. The number of hydrogen-bond acceptors (Lipinski definition) is 3. The van der Waals surface area contributed by atoms with Crippen molar-refractivity contribution in [1.82, 2.24) is 9.80 Å². The van der Waals surface area contributed by atoms with Gasteiger partial charge in [-0.3, -0.25) is 9.69 Å². The summed E-state index contributed by atoms with van der Waals surface area (Å²) in [6.07, 6.45) is 6.78. The van der Waals surface area contributed by atoms with Gasteiger partial charge in [-0.25, -0.2) is 0 Å². The minimum Gasteiger partial charge on any atom is -0.381 e. The summed E-state index contributed by atoms with van der Waals surface area (Å²) in [5.74, 6) is 0.331. The van der Waals surface area contributed by atoms with Crippen LogP contribution in [0.5, 0.6) is 0 Å². The van der Waals surface area contributed by atoms with Crippen LogP contribution in [0.25, 0.3) is 0 Å². The van der Waals surface area contributed by atoms with Gasteiger partial charge in [0, 0.05) is 45.4 Å². The molecular weight excluding hydrogens is 312 g/mol. The predicted octanol–water partition coefficient (Wildman–Crippen LogP) is 2.82. The van der Waals surface area contributed by atoms with Crippen LogP contribution in [0.3, 0.4) is 0 Å². The van der Waals surface area contributed by atoms with E-state index in [0.29, 0.717) is 19.1 Å². The van der Waals surface area contributed by atoms with E-state index in [2.05, 4.69) is 34.1 Å². The second-order valence-corrected chi connectivity index (χ2v) is 7.83. The molecule has 0 bridgehead atoms. The summed E-state index contributed by atoms with van der Waals surface area (Å²) >= 11 is 0. The maximum Gasteiger partial charge on any atom is 0.233 e. The Kier molecular flexibility index (Phi) is 5.09. The van der Waals surface area contributed by atoms with Crippen molar-refractivity contribution in [3.8, 4) is 0 Å². The molecule has 0 aromatic heterocycles. The molecule has 2 saturated heterocycles. The van der Waals surface area contributed by atoms with Crippen molar-refractivity contribution in [3.63, 3.8) is 0 Å². The molecular formula is C21H30N2O2. The topological polar surface area (TPSA) is 32.8 Å². The molecule has 0 unspecified atom stereocenters. The van der Waals surface area contributed by atoms with Crippen molar-refractivity contribution in [2.24, 2.45) is 0 Å². The van der Waals surface area contributed by atoms with Gasteiger partial charge in [0.2, 0.25) is 5.91 Å². The normalized spacial score (nSPS) is 25.2. The van der Waals surface area contributed by atoms with Gasteiger partial charge in [-0.05, 0) is 37.7 Å². The smallest absolute Gasteiger partial charge is 0.233 e. The van der Waals surface area contributed by atoms with Gasteiger partial charge in [0.25, 0.3) is 0 Å². The Morgan fingerprint density at radius 2 is 1.72 bits per heavy atom. The van der Waals surface area contributed by atoms with E-state index in [1.807, 2.05) is 6.07 Å². The molecule has 0 N–H and O–H groups in total. The molecule has 4 rings (SSSR count). The Balaban J connectivity index is 1.52. The zero-order valence-corrected chi connectivity index (χ0v) is 15.2. The lowest BCUT2D eigenvalue weighted by Crippen LogP contribution is -2.51. The maximum atomic E-state index is 13.6. The highest BCUT2D eigenvalue weighted by Gasteiger charge is 2.44. The Morgan fingerprint density at radius 3 is 2.40 bits per heavy atom. The first-order valence-corrected chi connectivity index (χ1v) is 9.96. The largest absolute Gasteiger partial charge is 0.381 e. The summed E-state index contributed by atoms with van der Waals surface area (Å²) in [5, 5.41) is 0. The van der Waals surface area contributed by atoms with E-state index >= 15 is 0 Å². The van der Waals surface area contributed by atoms with Crippen LogP contribution in [0.1, 0.15) is 44.1 Å². The minimum atomic E-state index is -0.384. The number of carbonyl (C=O) groups excluding carboxylic acids is 1. The van der Waals surface area contributed by atoms with Crippen molar-refractivity contribution < 1.29 is 9.53 Å². The first kappa shape index (κ1) is 17.0. The summed E-state index contributed by atoms with van der Waals surface area (Å²) in [4.78, 5) is 18.4. The minimum absolute atomic E-state index is 0.331. The molecule has 0 radical (unpaired) electrons. The Bertz CT molecular complexity index is 579. The fraction of sp³-hybridized carbons (Fsp3) is 0.667. The van der Waals surface area contributed by atoms with Gasteiger partial charge in [-0.15, -0.1) is 0 Å². The summed E-state index contributed by atoms with van der Waals surface area (Å²) in [5.41, 5.74) is 0.786. The van der Waals surface area contributed by atoms with Gasteiger partial charge in [-0.2, -0.15) is 0 Å². The Morgan fingerprint density at radius 1 is 0.960 bits per heavy atom. The number of amides is 1. The Labute approximate surface area is 151 Å². The van der Waals surface area contributed by atoms with E-state index in [1.165, 1.54) is 24.8 Å². The van der Waals surface area contributed by atoms with Gasteiger partial charge in [0.1, 0.15) is 0 Å². The lowest BCUT2D eigenvalue weighted by molar-refractivity contribution is -0.141. The monoisotopic (exact) mass is 342 g/mol. The lowest BCUT2D eigenvalue weighted by atomic mass is 9.73. The molecule has 0 spiro atoms. The van der Waals surface area contributed by atoms with Crippen LogP contribution >= 0.6 is 0 Å². The molecule has 1 aromatic carbocycles. The highest BCUT2D eigenvalue weighted by Crippen LogP contribution is 2.37. The quantitative estimate of drug-likeness (QED) is 0.847. The SMILES string of the molecule is O=C(N1CCCN(C2CCC2)CC1)C1(c2ccccc2)CCOCC1. The zero-order chi connectivity index (χ0) is 17.1. The lowest BCUT2D eigenvalue weighted by Gasteiger charge is -2.40. The van der Waals surface area contributed by atoms with Crippen molar-refractivity contribution in [2.45, 2.75) is 50.0 Å². The van der Waals surface area contributed by atoms with Crippen LogP contribution in [0, 0.1) is 0 Å². The molecule has 1 aliphatic carbocycles. The number of carbonyl (C=O) groups is 1. The van der Waals surface area contributed by atoms with Crippen LogP contribution in [0.4, 0.5) is 0 Å². The number of nitrogens with zero attached hydrogens (tertiary/aromatic N) is 2. The Hall–Kier alpha value is -1.39. The zero-order valence-electron chi connectivity index (χ0n) is 15.2. The molecule has 4 heteroatoms. The van der Waals surface area contributed by atoms with Gasteiger partial charge in [0.05, 0.1) is 5.41 Å². The van der Waals surface area contributed by atoms with E-state index in [-0.39, 0.29) is 5.41 Å². The van der Waals surface area contributed by atoms with Crippen molar-refractivity contribution >= 4 is 5.91 Å². The molecule has 0 atom stereocenters. The first-order valence-electron chi connectivity index (χ1n) is 9.96. The maximum absolute atomic E-state index is 13.6. The molecule has 3 fully saturated rings. The number of hydrogen-bond donors (Lipinski definition) is 0. The van der Waals surface area contributed by atoms with Crippen LogP contribution in [0.15, 0.2) is 30.3 Å². The van der Waals surface area contributed by atoms with E-state index in [1.54, 1.807) is 0 Å². The molecule has 2 heterocycles. The highest BCUT2D eigenvalue weighted by molar-refractivity contribution is 5.88. The average molecular weight is 342 g/mol. The van der Waals surface area contributed by atoms with Crippen molar-refractivity contribution in [2.75, 3.05) is 39.4 Å². The standard InChI is InChI=1S/C21H30N2O2/c24-20(23-13-5-12-22(14-15-23)19-8-4-9-19)21(10-16-25-17-11-21)18-6-2-1-3-7-18/h1-3,6-7,19H,4-5,8-17H2. The third-order valence-electron chi connectivity index (χ3n) is 6.49. The number of rotatable bonds is 3. The van der Waals surface area contributed by atoms with Crippen molar-refractivity contribution in [3.05, 3.63) is 35.9 Å². The van der Waals surface area contributed by atoms with Crippen molar-refractivity contribution in [1.29, 1.82) is 0 Å². The first-order chi connectivity index (χ1) is 12.3. The third-order valence-corrected chi connectivity index (χ3v) is 6.49. The van der Waals surface area contributed by atoms with Crippen LogP contribution in [-0.2, 0) is 14.9 Å². The number of benzene rings is 1. The fourth-order valence-corrected chi connectivity index (χ4v) is 4.66. The van der Waals surface area contributed by atoms with Crippen LogP contribution < -0.4 is 0 Å². The molecule has 4 nitrogen and oxygen atoms in total. The molecule has 25 heavy (non-hydrogen) atoms. The summed E-state index contributed by atoms with van der Waals surface area (Å²) in [6, 6.07) is 11.2. The molecule has 1 aromatic rings. The van der Waals surface area contributed by atoms with E-state index in [4.69, 9.17) is 4.74 Å². The molecule has 1 saturated carbocycles. The van der Waals surface area contributed by atoms with Crippen LogP contribution in [-0.4, -0.2) is 61.1 Å². The molecule has 3 aliphatic rings. The van der Waals surface area contributed by atoms with E-state index in [0.717, 1.165) is 51.5 Å². The fourth-order valence-electron chi connectivity index (χ4n) is 4.66. The van der Waals surface area contributed by atoms with Gasteiger partial charge in [0.15, 0.2) is 0 Å². The third kappa shape index (κ3) is 3.34. The second kappa shape index (κ2) is 7.46. The molecule has 136 valence electrons. The van der Waals surface area contributed by atoms with Gasteiger partial charge >= 0.3 is 0 Å². The summed E-state index contributed by atoms with van der Waals surface area (Å²) < 4.78 is 5.60. The average Bonchev–Trinajstić information content (AvgIpc) is 2.87. The van der Waals surface area contributed by atoms with Crippen LogP contribution in [0.2, 0.25) is 0 Å². The number of ether oxygens (including phenoxy) is 1. The molecule has 1 amide bonds. The summed E-state index contributed by atoms with van der Waals surface area (Å²) in [7, 11) is 0. The van der Waals surface area contributed by atoms with E-state index < -0.39 is 0 Å².